The fourth-order valence-electron chi connectivity index (χ4n) is 2.08. The van der Waals surface area contributed by atoms with Crippen molar-refractivity contribution in [3.8, 4) is 0 Å². The smallest absolute Gasteiger partial charge is 0.339 e. The molecule has 27 heavy (non-hydrogen) atoms. The van der Waals surface area contributed by atoms with Crippen molar-refractivity contribution in [2.75, 3.05) is 13.7 Å². The molecular weight excluding hydrogens is 417 g/mol. The third kappa shape index (κ3) is 5.43. The Morgan fingerprint density at radius 3 is 2.48 bits per heavy atom. The standard InChI is InChI=1S/C17H15Cl2NO6S/c1-25-17(22)12-6-2-3-8-14(12)27(23,24)20-9-15(21)26-10-11-5-4-7-13(18)16(11)19/h2-8,20H,9-10H2,1H3. The van der Waals surface area contributed by atoms with Gasteiger partial charge in [-0.25, -0.2) is 13.2 Å². The second-order valence-electron chi connectivity index (χ2n) is 5.19. The number of carbonyl (C=O) groups excluding carboxylic acids is 2. The zero-order valence-electron chi connectivity index (χ0n) is 14.1. The average Bonchev–Trinajstić information content (AvgIpc) is 2.67. The van der Waals surface area contributed by atoms with Crippen molar-refractivity contribution < 1.29 is 27.5 Å². The highest BCUT2D eigenvalue weighted by Crippen LogP contribution is 2.26. The number of hydrogen-bond acceptors (Lipinski definition) is 6. The molecule has 0 aliphatic rings. The monoisotopic (exact) mass is 431 g/mol. The molecule has 2 aromatic rings. The molecule has 0 aromatic heterocycles. The van der Waals surface area contributed by atoms with Crippen LogP contribution in [-0.2, 0) is 30.9 Å². The summed E-state index contributed by atoms with van der Waals surface area (Å²) in [5, 5.41) is 0.560. The van der Waals surface area contributed by atoms with E-state index in [0.717, 1.165) is 7.11 Å². The predicted molar refractivity (Wildman–Crippen MR) is 99.2 cm³/mol. The van der Waals surface area contributed by atoms with Gasteiger partial charge in [-0.3, -0.25) is 4.79 Å². The summed E-state index contributed by atoms with van der Waals surface area (Å²) in [7, 11) is -3.00. The Labute approximate surface area is 166 Å². The van der Waals surface area contributed by atoms with Gasteiger partial charge in [-0.15, -0.1) is 0 Å². The molecule has 2 aromatic carbocycles. The Morgan fingerprint density at radius 1 is 1.07 bits per heavy atom. The Hall–Kier alpha value is -2.13. The van der Waals surface area contributed by atoms with E-state index in [9.17, 15) is 18.0 Å². The number of methoxy groups -OCH3 is 1. The van der Waals surface area contributed by atoms with Crippen LogP contribution < -0.4 is 4.72 Å². The van der Waals surface area contributed by atoms with Crippen LogP contribution in [0.2, 0.25) is 10.0 Å². The molecule has 0 heterocycles. The second kappa shape index (κ2) is 9.18. The van der Waals surface area contributed by atoms with Gasteiger partial charge in [-0.2, -0.15) is 4.72 Å². The van der Waals surface area contributed by atoms with E-state index in [1.165, 1.54) is 24.3 Å². The third-order valence-electron chi connectivity index (χ3n) is 3.41. The van der Waals surface area contributed by atoms with Gasteiger partial charge in [0.2, 0.25) is 10.0 Å². The number of rotatable bonds is 7. The number of esters is 2. The van der Waals surface area contributed by atoms with E-state index >= 15 is 0 Å². The summed E-state index contributed by atoms with van der Waals surface area (Å²) in [4.78, 5) is 23.3. The van der Waals surface area contributed by atoms with Crippen molar-refractivity contribution >= 4 is 45.2 Å². The van der Waals surface area contributed by atoms with Crippen LogP contribution in [0, 0.1) is 0 Å². The highest BCUT2D eigenvalue weighted by atomic mass is 35.5. The first-order valence-electron chi connectivity index (χ1n) is 7.51. The van der Waals surface area contributed by atoms with Crippen molar-refractivity contribution in [3.05, 3.63) is 63.6 Å². The Morgan fingerprint density at radius 2 is 1.78 bits per heavy atom. The average molecular weight is 432 g/mol. The molecule has 0 saturated heterocycles. The molecule has 7 nitrogen and oxygen atoms in total. The van der Waals surface area contributed by atoms with Crippen LogP contribution in [0.25, 0.3) is 0 Å². The van der Waals surface area contributed by atoms with Crippen LogP contribution in [0.15, 0.2) is 47.4 Å². The summed E-state index contributed by atoms with van der Waals surface area (Å²) < 4.78 is 36.4. The number of benzene rings is 2. The Kier molecular flexibility index (Phi) is 7.20. The molecule has 0 bridgehead atoms. The van der Waals surface area contributed by atoms with Crippen LogP contribution in [-0.4, -0.2) is 34.0 Å². The minimum Gasteiger partial charge on any atom is -0.465 e. The second-order valence-corrected chi connectivity index (χ2v) is 7.71. The maximum Gasteiger partial charge on any atom is 0.339 e. The molecule has 0 aliphatic carbocycles. The number of sulfonamides is 1. The molecule has 10 heteroatoms. The van der Waals surface area contributed by atoms with E-state index in [1.807, 2.05) is 0 Å². The zero-order chi connectivity index (χ0) is 20.0. The van der Waals surface area contributed by atoms with Gasteiger partial charge in [-0.1, -0.05) is 47.5 Å². The van der Waals surface area contributed by atoms with Crippen molar-refractivity contribution in [2.24, 2.45) is 0 Å². The molecule has 0 spiro atoms. The summed E-state index contributed by atoms with van der Waals surface area (Å²) in [6.45, 7) is -0.797. The first-order chi connectivity index (χ1) is 12.8. The number of ether oxygens (including phenoxy) is 2. The number of carbonyl (C=O) groups is 2. The lowest BCUT2D eigenvalue weighted by Crippen LogP contribution is -2.31. The molecule has 144 valence electrons. The highest BCUT2D eigenvalue weighted by molar-refractivity contribution is 7.89. The molecule has 0 atom stereocenters. The summed E-state index contributed by atoms with van der Waals surface area (Å²) >= 11 is 11.9. The molecule has 0 amide bonds. The highest BCUT2D eigenvalue weighted by Gasteiger charge is 2.23. The number of halogens is 2. The molecule has 1 N–H and O–H groups in total. The summed E-state index contributed by atoms with van der Waals surface area (Å²) in [5.74, 6) is -1.64. The van der Waals surface area contributed by atoms with Crippen LogP contribution >= 0.6 is 23.2 Å². The molecular formula is C17H15Cl2NO6S. The van der Waals surface area contributed by atoms with Crippen LogP contribution in [0.5, 0.6) is 0 Å². The van der Waals surface area contributed by atoms with Gasteiger partial charge in [0, 0.05) is 5.56 Å². The normalized spacial score (nSPS) is 11.1. The third-order valence-corrected chi connectivity index (χ3v) is 5.73. The van der Waals surface area contributed by atoms with Crippen LogP contribution in [0.3, 0.4) is 0 Å². The van der Waals surface area contributed by atoms with Gasteiger partial charge in [0.15, 0.2) is 0 Å². The molecule has 0 aliphatic heterocycles. The van der Waals surface area contributed by atoms with E-state index in [-0.39, 0.29) is 22.1 Å². The maximum atomic E-state index is 12.4. The lowest BCUT2D eigenvalue weighted by molar-refractivity contribution is -0.143. The molecule has 0 unspecified atom stereocenters. The summed E-state index contributed by atoms with van der Waals surface area (Å²) in [6, 6.07) is 10.3. The van der Waals surface area contributed by atoms with Gasteiger partial charge >= 0.3 is 11.9 Å². The fraction of sp³-hybridized carbons (Fsp3) is 0.176. The van der Waals surface area contributed by atoms with E-state index < -0.39 is 28.5 Å². The molecule has 0 saturated carbocycles. The number of nitrogens with one attached hydrogen (secondary N) is 1. The minimum absolute atomic E-state index is 0.147. The van der Waals surface area contributed by atoms with E-state index in [4.69, 9.17) is 27.9 Å². The van der Waals surface area contributed by atoms with Gasteiger partial charge in [0.25, 0.3) is 0 Å². The zero-order valence-corrected chi connectivity index (χ0v) is 16.4. The van der Waals surface area contributed by atoms with Gasteiger partial charge in [0.1, 0.15) is 13.2 Å². The first-order valence-corrected chi connectivity index (χ1v) is 9.75. The van der Waals surface area contributed by atoms with E-state index in [1.54, 1.807) is 18.2 Å². The first kappa shape index (κ1) is 21.2. The predicted octanol–water partition coefficient (Wildman–Crippen LogP) is 2.80. The largest absolute Gasteiger partial charge is 0.465 e. The topological polar surface area (TPSA) is 98.8 Å². The van der Waals surface area contributed by atoms with Gasteiger partial charge < -0.3 is 9.47 Å². The molecule has 0 fully saturated rings. The van der Waals surface area contributed by atoms with Crippen molar-refractivity contribution in [3.63, 3.8) is 0 Å². The van der Waals surface area contributed by atoms with Crippen LogP contribution in [0.1, 0.15) is 15.9 Å². The van der Waals surface area contributed by atoms with Gasteiger partial charge in [0.05, 0.1) is 27.6 Å². The Balaban J connectivity index is 2.02. The minimum atomic E-state index is -4.14. The summed E-state index contributed by atoms with van der Waals surface area (Å²) in [6.07, 6.45) is 0. The quantitative estimate of drug-likeness (QED) is 0.676. The van der Waals surface area contributed by atoms with Crippen molar-refractivity contribution in [1.29, 1.82) is 0 Å². The van der Waals surface area contributed by atoms with Crippen molar-refractivity contribution in [2.45, 2.75) is 11.5 Å². The van der Waals surface area contributed by atoms with E-state index in [0.29, 0.717) is 10.6 Å². The van der Waals surface area contributed by atoms with Crippen LogP contribution in [0.4, 0.5) is 0 Å². The van der Waals surface area contributed by atoms with Crippen molar-refractivity contribution in [1.82, 2.24) is 4.72 Å². The molecule has 2 rings (SSSR count). The SMILES string of the molecule is COC(=O)c1ccccc1S(=O)(=O)NCC(=O)OCc1cccc(Cl)c1Cl. The Bertz CT molecular complexity index is 962. The summed E-state index contributed by atoms with van der Waals surface area (Å²) in [5.41, 5.74) is 0.336. The van der Waals surface area contributed by atoms with Gasteiger partial charge in [-0.05, 0) is 18.2 Å². The number of hydrogen-bond donors (Lipinski definition) is 1. The van der Waals surface area contributed by atoms with E-state index in [2.05, 4.69) is 9.46 Å². The fourth-order valence-corrected chi connectivity index (χ4v) is 3.62. The lowest BCUT2D eigenvalue weighted by Gasteiger charge is -2.11. The maximum absolute atomic E-state index is 12.4. The lowest BCUT2D eigenvalue weighted by atomic mass is 10.2. The molecule has 0 radical (unpaired) electrons.